The van der Waals surface area contributed by atoms with Crippen LogP contribution in [-0.2, 0) is 37.5 Å². The topological polar surface area (TPSA) is 172 Å². The fourth-order valence-electron chi connectivity index (χ4n) is 5.95. The van der Waals surface area contributed by atoms with E-state index in [4.69, 9.17) is 24.8 Å². The number of ether oxygens (including phenoxy) is 2. The van der Waals surface area contributed by atoms with E-state index in [9.17, 15) is 23.8 Å². The molecule has 336 valence electrons. The maximum absolute atomic E-state index is 12.6. The normalized spacial score (nSPS) is 14.1. The molecule has 0 aromatic rings. The number of carboxylic acid groups (broad SMARTS) is 1. The van der Waals surface area contributed by atoms with Crippen molar-refractivity contribution in [3.05, 3.63) is 48.6 Å². The molecule has 0 aliphatic heterocycles. The third-order valence-electron chi connectivity index (χ3n) is 9.55. The first-order valence-electron chi connectivity index (χ1n) is 22.7. The number of carboxylic acids is 1. The number of unbranched alkanes of at least 4 members (excludes halogenated alkanes) is 20. The number of allylic oxidation sites excluding steroid dienone is 8. The Morgan fingerprint density at radius 2 is 0.914 bits per heavy atom. The van der Waals surface area contributed by atoms with Gasteiger partial charge in [-0.1, -0.05) is 152 Å². The molecule has 0 spiro atoms. The molecule has 0 aliphatic carbocycles. The van der Waals surface area contributed by atoms with Crippen LogP contribution in [0.1, 0.15) is 194 Å². The van der Waals surface area contributed by atoms with E-state index < -0.39 is 51.1 Å². The van der Waals surface area contributed by atoms with Crippen LogP contribution in [-0.4, -0.2) is 59.9 Å². The molecule has 0 saturated heterocycles. The van der Waals surface area contributed by atoms with Crippen LogP contribution in [0.15, 0.2) is 48.6 Å². The molecule has 12 heteroatoms. The lowest BCUT2D eigenvalue weighted by Gasteiger charge is -2.20. The number of esters is 2. The quantitative estimate of drug-likeness (QED) is 0.0231. The lowest BCUT2D eigenvalue weighted by Crippen LogP contribution is -2.34. The van der Waals surface area contributed by atoms with Gasteiger partial charge in [-0.2, -0.15) is 0 Å². The van der Waals surface area contributed by atoms with E-state index in [1.165, 1.54) is 103 Å². The van der Waals surface area contributed by atoms with Gasteiger partial charge in [0.2, 0.25) is 0 Å². The summed E-state index contributed by atoms with van der Waals surface area (Å²) in [4.78, 5) is 46.0. The molecule has 0 radical (unpaired) electrons. The number of nitrogens with two attached hydrogens (primary N) is 1. The van der Waals surface area contributed by atoms with Crippen LogP contribution in [0.5, 0.6) is 0 Å². The van der Waals surface area contributed by atoms with Crippen LogP contribution in [0.2, 0.25) is 0 Å². The van der Waals surface area contributed by atoms with Gasteiger partial charge in [0.05, 0.1) is 13.2 Å². The monoisotopic (exact) mass is 840 g/mol. The fraction of sp³-hybridized carbons (Fsp3) is 0.761. The van der Waals surface area contributed by atoms with Gasteiger partial charge in [-0.25, -0.2) is 4.57 Å². The van der Waals surface area contributed by atoms with Crippen molar-refractivity contribution in [3.8, 4) is 0 Å². The molecule has 0 saturated carbocycles. The van der Waals surface area contributed by atoms with Crippen LogP contribution in [0.25, 0.3) is 0 Å². The van der Waals surface area contributed by atoms with Gasteiger partial charge in [0, 0.05) is 12.8 Å². The van der Waals surface area contributed by atoms with Crippen molar-refractivity contribution in [2.45, 2.75) is 206 Å². The minimum atomic E-state index is -4.73. The second-order valence-electron chi connectivity index (χ2n) is 15.2. The summed E-state index contributed by atoms with van der Waals surface area (Å²) >= 11 is 0. The summed E-state index contributed by atoms with van der Waals surface area (Å²) in [5, 5.41) is 8.89. The predicted molar refractivity (Wildman–Crippen MR) is 235 cm³/mol. The summed E-state index contributed by atoms with van der Waals surface area (Å²) in [6.07, 6.45) is 46.1. The number of aliphatic carboxylic acids is 1. The highest BCUT2D eigenvalue weighted by Crippen LogP contribution is 2.43. The van der Waals surface area contributed by atoms with Gasteiger partial charge in [-0.15, -0.1) is 0 Å². The van der Waals surface area contributed by atoms with Gasteiger partial charge in [0.1, 0.15) is 12.6 Å². The summed E-state index contributed by atoms with van der Waals surface area (Å²) in [5.41, 5.74) is 5.33. The lowest BCUT2D eigenvalue weighted by molar-refractivity contribution is -0.161. The van der Waals surface area contributed by atoms with Crippen LogP contribution in [0.4, 0.5) is 0 Å². The first kappa shape index (κ1) is 55.4. The Morgan fingerprint density at radius 1 is 0.534 bits per heavy atom. The summed E-state index contributed by atoms with van der Waals surface area (Å²) in [7, 11) is -4.73. The number of carbonyl (C=O) groups is 3. The Labute approximate surface area is 352 Å². The van der Waals surface area contributed by atoms with E-state index in [1.54, 1.807) is 0 Å². The molecule has 0 fully saturated rings. The van der Waals surface area contributed by atoms with Crippen molar-refractivity contribution < 1.29 is 47.5 Å². The minimum Gasteiger partial charge on any atom is -0.480 e. The largest absolute Gasteiger partial charge is 0.480 e. The van der Waals surface area contributed by atoms with Crippen molar-refractivity contribution in [1.82, 2.24) is 0 Å². The maximum Gasteiger partial charge on any atom is 0.472 e. The molecule has 4 N–H and O–H groups in total. The fourth-order valence-corrected chi connectivity index (χ4v) is 6.73. The van der Waals surface area contributed by atoms with Crippen molar-refractivity contribution in [2.75, 3.05) is 19.8 Å². The zero-order chi connectivity index (χ0) is 42.8. The van der Waals surface area contributed by atoms with Crippen molar-refractivity contribution in [1.29, 1.82) is 0 Å². The number of phosphoric ester groups is 1. The molecular formula is C46H82NO10P. The molecule has 1 unspecified atom stereocenters. The zero-order valence-electron chi connectivity index (χ0n) is 36.4. The zero-order valence-corrected chi connectivity index (χ0v) is 37.3. The average Bonchev–Trinajstić information content (AvgIpc) is 3.20. The molecule has 0 amide bonds. The standard InChI is InChI=1S/C46H82NO10P/c1-3-5-7-9-11-13-15-17-19-20-21-22-24-25-27-29-31-33-35-37-44(48)54-39-42(40-55-58(52,53)56-41-43(47)46(50)51)57-45(49)38-36-34-32-30-28-26-23-18-16-14-12-10-8-6-4-2/h12,14,17-19,23,28,30,42-43H,3-11,13,15-16,20-22,24-27,29,31-41,47H2,1-2H3,(H,50,51)(H,52,53)/b14-12+,19-17+,23-18+,30-28+/t42-,43+/m1/s1. The summed E-state index contributed by atoms with van der Waals surface area (Å²) < 4.78 is 32.7. The van der Waals surface area contributed by atoms with E-state index in [0.29, 0.717) is 12.8 Å². The number of carbonyl (C=O) groups excluding carboxylic acids is 2. The highest BCUT2D eigenvalue weighted by molar-refractivity contribution is 7.47. The molecule has 58 heavy (non-hydrogen) atoms. The lowest BCUT2D eigenvalue weighted by atomic mass is 10.1. The second-order valence-corrected chi connectivity index (χ2v) is 16.6. The number of phosphoric acid groups is 1. The Morgan fingerprint density at radius 3 is 1.45 bits per heavy atom. The summed E-state index contributed by atoms with van der Waals surface area (Å²) in [6.45, 7) is 2.73. The van der Waals surface area contributed by atoms with Gasteiger partial charge in [0.25, 0.3) is 0 Å². The van der Waals surface area contributed by atoms with E-state index in [0.717, 1.165) is 51.4 Å². The molecule has 0 bridgehead atoms. The third kappa shape index (κ3) is 40.2. The van der Waals surface area contributed by atoms with Crippen molar-refractivity contribution >= 4 is 25.7 Å². The van der Waals surface area contributed by atoms with E-state index in [2.05, 4.69) is 67.0 Å². The molecule has 11 nitrogen and oxygen atoms in total. The number of hydrogen-bond acceptors (Lipinski definition) is 9. The van der Waals surface area contributed by atoms with Crippen molar-refractivity contribution in [3.63, 3.8) is 0 Å². The highest BCUT2D eigenvalue weighted by atomic mass is 31.2. The molecule has 0 rings (SSSR count). The maximum atomic E-state index is 12.6. The smallest absolute Gasteiger partial charge is 0.472 e. The van der Waals surface area contributed by atoms with Gasteiger partial charge >= 0.3 is 25.7 Å². The third-order valence-corrected chi connectivity index (χ3v) is 10.5. The van der Waals surface area contributed by atoms with Gasteiger partial charge in [-0.3, -0.25) is 23.4 Å². The van der Waals surface area contributed by atoms with Crippen LogP contribution < -0.4 is 5.73 Å². The van der Waals surface area contributed by atoms with E-state index in [1.807, 2.05) is 0 Å². The van der Waals surface area contributed by atoms with Gasteiger partial charge in [-0.05, 0) is 77.0 Å². The molecular weight excluding hydrogens is 757 g/mol. The first-order valence-corrected chi connectivity index (χ1v) is 24.2. The average molecular weight is 840 g/mol. The van der Waals surface area contributed by atoms with E-state index in [-0.39, 0.29) is 19.4 Å². The Balaban J connectivity index is 4.37. The Hall–Kier alpha value is -2.56. The van der Waals surface area contributed by atoms with Gasteiger partial charge < -0.3 is 25.2 Å². The molecule has 3 atom stereocenters. The van der Waals surface area contributed by atoms with Crippen LogP contribution >= 0.6 is 7.82 Å². The highest BCUT2D eigenvalue weighted by Gasteiger charge is 2.28. The Kier molecular flexibility index (Phi) is 39.4. The van der Waals surface area contributed by atoms with Crippen molar-refractivity contribution in [2.24, 2.45) is 5.73 Å². The predicted octanol–water partition coefficient (Wildman–Crippen LogP) is 12.2. The minimum absolute atomic E-state index is 0.111. The SMILES string of the molecule is CCCCC/C=C/C/C=C/C/C=C/CCCCC(=O)O[C@H](COC(=O)CCCCCCCCCCC/C=C/CCCCCCCC)COP(=O)(O)OC[C@H](N)C(=O)O. The summed E-state index contributed by atoms with van der Waals surface area (Å²) in [5.74, 6) is -2.43. The molecule has 0 heterocycles. The first-order chi connectivity index (χ1) is 28.1. The number of hydrogen-bond donors (Lipinski definition) is 3. The molecule has 0 aliphatic rings. The molecule has 0 aromatic carbocycles. The summed E-state index contributed by atoms with van der Waals surface area (Å²) in [6, 6.07) is -1.53. The second kappa shape index (κ2) is 41.2. The van der Waals surface area contributed by atoms with Crippen LogP contribution in [0.3, 0.4) is 0 Å². The van der Waals surface area contributed by atoms with E-state index >= 15 is 0 Å². The molecule has 0 aromatic heterocycles. The Bertz CT molecular complexity index is 1170. The number of rotatable bonds is 42. The van der Waals surface area contributed by atoms with Gasteiger partial charge in [0.15, 0.2) is 6.10 Å². The van der Waals surface area contributed by atoms with Crippen LogP contribution in [0, 0.1) is 0 Å².